The van der Waals surface area contributed by atoms with Crippen LogP contribution in [0.25, 0.3) is 0 Å². The summed E-state index contributed by atoms with van der Waals surface area (Å²) in [6.07, 6.45) is 5.72. The van der Waals surface area contributed by atoms with Gasteiger partial charge in [0.05, 0.1) is 12.3 Å². The second-order valence-corrected chi connectivity index (χ2v) is 4.63. The molecule has 17 heavy (non-hydrogen) atoms. The van der Waals surface area contributed by atoms with Gasteiger partial charge in [0.15, 0.2) is 0 Å². The lowest BCUT2D eigenvalue weighted by Gasteiger charge is -2.02. The molecule has 90 valence electrons. The molecule has 0 atom stereocenters. The van der Waals surface area contributed by atoms with Crippen molar-refractivity contribution in [3.05, 3.63) is 53.7 Å². The van der Waals surface area contributed by atoms with Gasteiger partial charge in [-0.05, 0) is 30.0 Å². The quantitative estimate of drug-likeness (QED) is 0.853. The fourth-order valence-electron chi connectivity index (χ4n) is 1.57. The lowest BCUT2D eigenvalue weighted by Crippen LogP contribution is -2.12. The van der Waals surface area contributed by atoms with Crippen LogP contribution in [-0.4, -0.2) is 11.2 Å². The molecular formula is C13H16N2OS. The van der Waals surface area contributed by atoms with E-state index in [4.69, 9.17) is 4.42 Å². The van der Waals surface area contributed by atoms with Crippen molar-refractivity contribution in [2.45, 2.75) is 18.8 Å². The molecule has 0 aromatic carbocycles. The summed E-state index contributed by atoms with van der Waals surface area (Å²) in [5.41, 5.74) is 1.18. The van der Waals surface area contributed by atoms with Gasteiger partial charge < -0.3 is 9.73 Å². The Labute approximate surface area is 106 Å². The number of thioether (sulfide) groups is 1. The maximum Gasteiger partial charge on any atom is 0.118 e. The molecule has 3 nitrogen and oxygen atoms in total. The van der Waals surface area contributed by atoms with Crippen LogP contribution in [0.1, 0.15) is 17.1 Å². The molecular weight excluding hydrogens is 232 g/mol. The second kappa shape index (κ2) is 6.47. The number of pyridine rings is 1. The zero-order valence-corrected chi connectivity index (χ0v) is 10.7. The molecule has 0 aliphatic rings. The molecule has 2 aromatic rings. The molecule has 0 amide bonds. The minimum Gasteiger partial charge on any atom is -0.464 e. The Balaban J connectivity index is 1.78. The second-order valence-electron chi connectivity index (χ2n) is 3.77. The van der Waals surface area contributed by atoms with Crippen molar-refractivity contribution in [2.24, 2.45) is 0 Å². The van der Waals surface area contributed by atoms with E-state index in [1.807, 2.05) is 24.4 Å². The molecule has 0 radical (unpaired) electrons. The first kappa shape index (κ1) is 12.2. The van der Waals surface area contributed by atoms with Crippen LogP contribution < -0.4 is 5.32 Å². The summed E-state index contributed by atoms with van der Waals surface area (Å²) in [6, 6.07) is 8.07. The van der Waals surface area contributed by atoms with Gasteiger partial charge in [-0.15, -0.1) is 0 Å². The zero-order chi connectivity index (χ0) is 11.9. The number of nitrogens with one attached hydrogen (secondary N) is 1. The van der Waals surface area contributed by atoms with Crippen LogP contribution in [0.4, 0.5) is 0 Å². The summed E-state index contributed by atoms with van der Waals surface area (Å²) < 4.78 is 5.66. The van der Waals surface area contributed by atoms with Gasteiger partial charge in [0.2, 0.25) is 0 Å². The highest BCUT2D eigenvalue weighted by Crippen LogP contribution is 2.13. The van der Waals surface area contributed by atoms with Crippen LogP contribution in [0, 0.1) is 0 Å². The highest BCUT2D eigenvalue weighted by atomic mass is 32.2. The largest absolute Gasteiger partial charge is 0.464 e. The molecule has 0 aliphatic carbocycles. The molecule has 0 bridgehead atoms. The summed E-state index contributed by atoms with van der Waals surface area (Å²) in [6.45, 7) is 1.57. The topological polar surface area (TPSA) is 38.1 Å². The van der Waals surface area contributed by atoms with Crippen LogP contribution in [0.5, 0.6) is 0 Å². The Morgan fingerprint density at radius 2 is 2.12 bits per heavy atom. The van der Waals surface area contributed by atoms with E-state index >= 15 is 0 Å². The van der Waals surface area contributed by atoms with Gasteiger partial charge >= 0.3 is 0 Å². The molecule has 2 heterocycles. The van der Waals surface area contributed by atoms with Gasteiger partial charge in [-0.1, -0.05) is 6.07 Å². The van der Waals surface area contributed by atoms with Crippen molar-refractivity contribution in [3.63, 3.8) is 0 Å². The van der Waals surface area contributed by atoms with Crippen LogP contribution in [0.3, 0.4) is 0 Å². The Hall–Kier alpha value is -1.26. The molecule has 0 fully saturated rings. The van der Waals surface area contributed by atoms with E-state index in [9.17, 15) is 0 Å². The van der Waals surface area contributed by atoms with Crippen molar-refractivity contribution >= 4 is 11.8 Å². The minimum atomic E-state index is 0.753. The number of hydrogen-bond donors (Lipinski definition) is 1. The zero-order valence-electron chi connectivity index (χ0n) is 9.85. The Bertz CT molecular complexity index is 442. The first-order chi connectivity index (χ1) is 8.38. The Morgan fingerprint density at radius 3 is 2.88 bits per heavy atom. The summed E-state index contributed by atoms with van der Waals surface area (Å²) in [5.74, 6) is 2.96. The van der Waals surface area contributed by atoms with E-state index in [0.29, 0.717) is 0 Å². The predicted octanol–water partition coefficient (Wildman–Crippen LogP) is 2.83. The minimum absolute atomic E-state index is 0.753. The third-order valence-corrected chi connectivity index (χ3v) is 2.93. The number of furan rings is 1. The Kier molecular flexibility index (Phi) is 4.64. The van der Waals surface area contributed by atoms with E-state index in [-0.39, 0.29) is 0 Å². The Morgan fingerprint density at radius 1 is 1.24 bits per heavy atom. The highest BCUT2D eigenvalue weighted by molar-refractivity contribution is 7.97. The third kappa shape index (κ3) is 3.91. The smallest absolute Gasteiger partial charge is 0.118 e. The van der Waals surface area contributed by atoms with Gasteiger partial charge in [-0.25, -0.2) is 0 Å². The average Bonchev–Trinajstić information content (AvgIpc) is 2.79. The third-order valence-electron chi connectivity index (χ3n) is 2.36. The van der Waals surface area contributed by atoms with Gasteiger partial charge in [-0.2, -0.15) is 11.8 Å². The van der Waals surface area contributed by atoms with Gasteiger partial charge in [0.1, 0.15) is 11.5 Å². The SMILES string of the molecule is CSCc1ccc(CNCc2cccnc2)o1. The fourth-order valence-corrected chi connectivity index (χ4v) is 2.01. The lowest BCUT2D eigenvalue weighted by molar-refractivity contribution is 0.459. The summed E-state index contributed by atoms with van der Waals surface area (Å²) >= 11 is 1.77. The highest BCUT2D eigenvalue weighted by Gasteiger charge is 2.01. The van der Waals surface area contributed by atoms with Crippen LogP contribution in [0.15, 0.2) is 41.1 Å². The first-order valence-corrected chi connectivity index (χ1v) is 6.94. The van der Waals surface area contributed by atoms with E-state index in [1.54, 1.807) is 18.0 Å². The van der Waals surface area contributed by atoms with Gasteiger partial charge in [0, 0.05) is 18.9 Å². The molecule has 4 heteroatoms. The van der Waals surface area contributed by atoms with Crippen molar-refractivity contribution in [1.29, 1.82) is 0 Å². The molecule has 2 rings (SSSR count). The molecule has 0 unspecified atom stereocenters. The summed E-state index contributed by atoms with van der Waals surface area (Å²) in [7, 11) is 0. The fraction of sp³-hybridized carbons (Fsp3) is 0.308. The van der Waals surface area contributed by atoms with E-state index in [1.165, 1.54) is 5.56 Å². The molecule has 2 aromatic heterocycles. The lowest BCUT2D eigenvalue weighted by atomic mass is 10.3. The molecule has 0 saturated carbocycles. The van der Waals surface area contributed by atoms with Crippen LogP contribution >= 0.6 is 11.8 Å². The van der Waals surface area contributed by atoms with E-state index in [0.717, 1.165) is 30.4 Å². The normalized spacial score (nSPS) is 10.6. The monoisotopic (exact) mass is 248 g/mol. The van der Waals surface area contributed by atoms with Gasteiger partial charge in [-0.3, -0.25) is 4.98 Å². The molecule has 0 aliphatic heterocycles. The van der Waals surface area contributed by atoms with Crippen molar-refractivity contribution in [1.82, 2.24) is 10.3 Å². The molecule has 0 spiro atoms. The van der Waals surface area contributed by atoms with Crippen molar-refractivity contribution in [2.75, 3.05) is 6.26 Å². The maximum absolute atomic E-state index is 5.66. The van der Waals surface area contributed by atoms with E-state index in [2.05, 4.69) is 22.6 Å². The number of rotatable bonds is 6. The average molecular weight is 248 g/mol. The molecule has 0 saturated heterocycles. The van der Waals surface area contributed by atoms with Crippen LogP contribution in [0.2, 0.25) is 0 Å². The standard InChI is InChI=1S/C13H16N2OS/c1-17-10-13-5-4-12(16-13)9-15-8-11-3-2-6-14-7-11/h2-7,15H,8-10H2,1H3. The van der Waals surface area contributed by atoms with E-state index < -0.39 is 0 Å². The van der Waals surface area contributed by atoms with Gasteiger partial charge in [0.25, 0.3) is 0 Å². The van der Waals surface area contributed by atoms with Crippen molar-refractivity contribution < 1.29 is 4.42 Å². The number of aromatic nitrogens is 1. The van der Waals surface area contributed by atoms with Crippen LogP contribution in [-0.2, 0) is 18.8 Å². The first-order valence-electron chi connectivity index (χ1n) is 5.54. The number of hydrogen-bond acceptors (Lipinski definition) is 4. The summed E-state index contributed by atoms with van der Waals surface area (Å²) in [4.78, 5) is 4.07. The number of nitrogens with zero attached hydrogens (tertiary/aromatic N) is 1. The maximum atomic E-state index is 5.66. The predicted molar refractivity (Wildman–Crippen MR) is 70.7 cm³/mol. The molecule has 1 N–H and O–H groups in total. The van der Waals surface area contributed by atoms with Crippen molar-refractivity contribution in [3.8, 4) is 0 Å². The summed E-state index contributed by atoms with van der Waals surface area (Å²) in [5, 5.41) is 3.33.